The Morgan fingerprint density at radius 3 is 2.50 bits per heavy atom. The van der Waals surface area contributed by atoms with E-state index in [0.29, 0.717) is 0 Å². The van der Waals surface area contributed by atoms with Gasteiger partial charge in [-0.3, -0.25) is 4.79 Å². The highest BCUT2D eigenvalue weighted by Gasteiger charge is 2.41. The number of rotatable bonds is 4. The van der Waals surface area contributed by atoms with Crippen molar-refractivity contribution in [1.29, 1.82) is 0 Å². The first-order valence-corrected chi connectivity index (χ1v) is 6.03. The maximum atomic E-state index is 11.4. The first kappa shape index (κ1) is 12.9. The van der Waals surface area contributed by atoms with Crippen molar-refractivity contribution in [2.24, 2.45) is 5.14 Å². The van der Waals surface area contributed by atoms with Gasteiger partial charge in [0.15, 0.2) is 6.04 Å². The molecule has 8 nitrogen and oxygen atoms in total. The van der Waals surface area contributed by atoms with Crippen molar-refractivity contribution in [3.8, 4) is 0 Å². The molecule has 1 rings (SSSR count). The lowest BCUT2D eigenvalue weighted by Gasteiger charge is -2.22. The van der Waals surface area contributed by atoms with Gasteiger partial charge in [-0.05, 0) is 0 Å². The fraction of sp³-hybridized carbons (Fsp3) is 0.714. The predicted octanol–water partition coefficient (Wildman–Crippen LogP) is -2.68. The van der Waals surface area contributed by atoms with E-state index in [1.165, 1.54) is 0 Å². The number of carbonyl (C=O) groups excluding carboxylic acids is 1. The zero-order valence-electron chi connectivity index (χ0n) is 8.24. The molecule has 92 valence electrons. The van der Waals surface area contributed by atoms with Crippen LogP contribution in [0.15, 0.2) is 0 Å². The van der Waals surface area contributed by atoms with Gasteiger partial charge in [0.1, 0.15) is 5.25 Å². The third-order valence-electron chi connectivity index (χ3n) is 2.42. The minimum absolute atomic E-state index is 0.296. The number of amides is 1. The number of aliphatic hydroxyl groups is 1. The Labute approximate surface area is 91.7 Å². The average molecular weight is 252 g/mol. The number of primary sulfonamides is 1. The molecule has 1 aliphatic heterocycles. The Hall–Kier alpha value is -1.19. The van der Waals surface area contributed by atoms with Gasteiger partial charge in [-0.2, -0.15) is 0 Å². The highest BCUT2D eigenvalue weighted by molar-refractivity contribution is 7.89. The fourth-order valence-electron chi connectivity index (χ4n) is 1.53. The second-order valence-corrected chi connectivity index (χ2v) is 5.34. The van der Waals surface area contributed by atoms with Gasteiger partial charge in [-0.25, -0.2) is 18.4 Å². The summed E-state index contributed by atoms with van der Waals surface area (Å²) >= 11 is 0. The monoisotopic (exact) mass is 252 g/mol. The van der Waals surface area contributed by atoms with Gasteiger partial charge in [0.2, 0.25) is 15.9 Å². The largest absolute Gasteiger partial charge is 0.480 e. The van der Waals surface area contributed by atoms with Crippen molar-refractivity contribution in [1.82, 2.24) is 4.90 Å². The van der Waals surface area contributed by atoms with Crippen LogP contribution in [-0.2, 0) is 19.6 Å². The van der Waals surface area contributed by atoms with E-state index >= 15 is 0 Å². The van der Waals surface area contributed by atoms with Crippen LogP contribution in [0, 0.1) is 0 Å². The number of hydrogen-bond donors (Lipinski definition) is 3. The molecule has 1 saturated heterocycles. The molecule has 0 spiro atoms. The summed E-state index contributed by atoms with van der Waals surface area (Å²) in [5.41, 5.74) is 0. The van der Waals surface area contributed by atoms with Crippen molar-refractivity contribution >= 4 is 21.9 Å². The molecule has 1 amide bonds. The van der Waals surface area contributed by atoms with Gasteiger partial charge in [0.05, 0.1) is 6.61 Å². The summed E-state index contributed by atoms with van der Waals surface area (Å²) in [7, 11) is -3.87. The van der Waals surface area contributed by atoms with Crippen LogP contribution in [0.1, 0.15) is 6.42 Å². The molecule has 16 heavy (non-hydrogen) atoms. The summed E-state index contributed by atoms with van der Waals surface area (Å²) in [6.45, 7) is -1.06. The van der Waals surface area contributed by atoms with E-state index in [1.54, 1.807) is 0 Å². The van der Waals surface area contributed by atoms with Gasteiger partial charge in [-0.15, -0.1) is 0 Å². The number of nitrogens with two attached hydrogens (primary N) is 1. The highest BCUT2D eigenvalue weighted by Crippen LogP contribution is 2.19. The molecule has 1 fully saturated rings. The molecule has 0 radical (unpaired) electrons. The minimum Gasteiger partial charge on any atom is -0.480 e. The number of hydrogen-bond acceptors (Lipinski definition) is 5. The molecule has 4 N–H and O–H groups in total. The number of aliphatic hydroxyl groups excluding tert-OH is 1. The molecule has 0 aliphatic carbocycles. The third-order valence-corrected chi connectivity index (χ3v) is 3.67. The van der Waals surface area contributed by atoms with E-state index < -0.39 is 39.8 Å². The quantitative estimate of drug-likeness (QED) is 0.498. The highest BCUT2D eigenvalue weighted by atomic mass is 32.2. The summed E-state index contributed by atoms with van der Waals surface area (Å²) in [5, 5.41) is 21.3. The number of sulfonamides is 1. The first-order chi connectivity index (χ1) is 7.27. The van der Waals surface area contributed by atoms with Crippen LogP contribution in [0.3, 0.4) is 0 Å². The summed E-state index contributed by atoms with van der Waals surface area (Å²) < 4.78 is 22.0. The van der Waals surface area contributed by atoms with Crippen LogP contribution in [0.2, 0.25) is 0 Å². The SMILES string of the molecule is NS(=O)(=O)C1CC(=O)N(C(CO)C(=O)O)C1. The van der Waals surface area contributed by atoms with Crippen LogP contribution < -0.4 is 5.14 Å². The standard InChI is InChI=1S/C7H12N2O6S/c8-16(14,15)4-1-6(11)9(2-4)5(3-10)7(12)13/h4-5,10H,1-3H2,(H,12,13)(H2,8,14,15). The lowest BCUT2D eigenvalue weighted by atomic mass is 10.3. The van der Waals surface area contributed by atoms with Gasteiger partial charge in [0.25, 0.3) is 0 Å². The molecule has 0 bridgehead atoms. The van der Waals surface area contributed by atoms with Crippen LogP contribution in [-0.4, -0.2) is 59.9 Å². The molecule has 1 aliphatic rings. The third kappa shape index (κ3) is 2.49. The van der Waals surface area contributed by atoms with Gasteiger partial charge < -0.3 is 15.1 Å². The van der Waals surface area contributed by atoms with Crippen molar-refractivity contribution in [2.45, 2.75) is 17.7 Å². The maximum absolute atomic E-state index is 11.4. The van der Waals surface area contributed by atoms with E-state index in [2.05, 4.69) is 0 Å². The molecule has 2 unspecified atom stereocenters. The molecule has 1 heterocycles. The van der Waals surface area contributed by atoms with Crippen molar-refractivity contribution in [3.63, 3.8) is 0 Å². The normalized spacial score (nSPS) is 23.5. The van der Waals surface area contributed by atoms with E-state index in [1.807, 2.05) is 0 Å². The molecule has 0 aromatic rings. The van der Waals surface area contributed by atoms with Crippen LogP contribution in [0.25, 0.3) is 0 Å². The Morgan fingerprint density at radius 1 is 1.62 bits per heavy atom. The molecule has 0 saturated carbocycles. The summed E-state index contributed by atoms with van der Waals surface area (Å²) in [6, 6.07) is -1.42. The summed E-state index contributed by atoms with van der Waals surface area (Å²) in [4.78, 5) is 22.9. The van der Waals surface area contributed by atoms with E-state index in [-0.39, 0.29) is 13.0 Å². The smallest absolute Gasteiger partial charge is 0.328 e. The van der Waals surface area contributed by atoms with Gasteiger partial charge in [0, 0.05) is 13.0 Å². The van der Waals surface area contributed by atoms with Crippen LogP contribution in [0.4, 0.5) is 0 Å². The Kier molecular flexibility index (Phi) is 3.51. The predicted molar refractivity (Wildman–Crippen MR) is 51.7 cm³/mol. The topological polar surface area (TPSA) is 138 Å². The van der Waals surface area contributed by atoms with E-state index in [9.17, 15) is 18.0 Å². The second kappa shape index (κ2) is 4.36. The molecule has 2 atom stereocenters. The summed E-state index contributed by atoms with van der Waals surface area (Å²) in [6.07, 6.45) is -0.345. The lowest BCUT2D eigenvalue weighted by molar-refractivity contribution is -0.149. The molecule has 0 aromatic heterocycles. The minimum atomic E-state index is -3.87. The second-order valence-electron chi connectivity index (χ2n) is 3.50. The number of carbonyl (C=O) groups is 2. The number of aliphatic carboxylic acids is 1. The number of carboxylic acids is 1. The fourth-order valence-corrected chi connectivity index (χ4v) is 2.27. The molecule has 9 heteroatoms. The Bertz CT molecular complexity index is 405. The number of carboxylic acid groups (broad SMARTS) is 1. The summed E-state index contributed by atoms with van der Waals surface area (Å²) in [5.74, 6) is -2.02. The van der Waals surface area contributed by atoms with Crippen LogP contribution in [0.5, 0.6) is 0 Å². The van der Waals surface area contributed by atoms with Gasteiger partial charge >= 0.3 is 5.97 Å². The first-order valence-electron chi connectivity index (χ1n) is 4.42. The van der Waals surface area contributed by atoms with Crippen molar-refractivity contribution < 1.29 is 28.2 Å². The Balaban J connectivity index is 2.86. The molecular formula is C7H12N2O6S. The Morgan fingerprint density at radius 2 is 2.19 bits per heavy atom. The zero-order valence-corrected chi connectivity index (χ0v) is 9.05. The van der Waals surface area contributed by atoms with E-state index in [4.69, 9.17) is 15.4 Å². The van der Waals surface area contributed by atoms with Crippen molar-refractivity contribution in [2.75, 3.05) is 13.2 Å². The van der Waals surface area contributed by atoms with E-state index in [0.717, 1.165) is 4.90 Å². The number of likely N-dealkylation sites (tertiary alicyclic amines) is 1. The van der Waals surface area contributed by atoms with Crippen molar-refractivity contribution in [3.05, 3.63) is 0 Å². The zero-order chi connectivity index (χ0) is 12.5. The molecular weight excluding hydrogens is 240 g/mol. The van der Waals surface area contributed by atoms with Gasteiger partial charge in [-0.1, -0.05) is 0 Å². The molecule has 0 aromatic carbocycles. The van der Waals surface area contributed by atoms with Crippen LogP contribution >= 0.6 is 0 Å². The lowest BCUT2D eigenvalue weighted by Crippen LogP contribution is -2.45. The number of nitrogens with zero attached hydrogens (tertiary/aromatic N) is 1. The average Bonchev–Trinajstić information content (AvgIpc) is 2.48. The maximum Gasteiger partial charge on any atom is 0.328 e.